The summed E-state index contributed by atoms with van der Waals surface area (Å²) in [5.41, 5.74) is 0.804. The minimum atomic E-state index is -3.73. The molecule has 1 aliphatic heterocycles. The van der Waals surface area contributed by atoms with E-state index in [1.54, 1.807) is 24.3 Å². The second-order valence-corrected chi connectivity index (χ2v) is 9.53. The van der Waals surface area contributed by atoms with Crippen LogP contribution in [0.1, 0.15) is 24.2 Å². The Kier molecular flexibility index (Phi) is 7.42. The lowest BCUT2D eigenvalue weighted by atomic mass is 10.0. The van der Waals surface area contributed by atoms with Gasteiger partial charge < -0.3 is 15.4 Å². The van der Waals surface area contributed by atoms with Crippen LogP contribution in [0, 0.1) is 5.92 Å². The molecule has 3 rings (SSSR count). The number of para-hydroxylation sites is 1. The molecule has 1 atom stereocenters. The van der Waals surface area contributed by atoms with Gasteiger partial charge in [-0.3, -0.25) is 9.59 Å². The number of carbonyl (C=O) groups excluding carboxylic acids is 2. The van der Waals surface area contributed by atoms with Crippen LogP contribution in [0.25, 0.3) is 0 Å². The van der Waals surface area contributed by atoms with Gasteiger partial charge in [0.1, 0.15) is 6.04 Å². The topological polar surface area (TPSA) is 105 Å². The monoisotopic (exact) mass is 445 g/mol. The van der Waals surface area contributed by atoms with Gasteiger partial charge in [0.2, 0.25) is 15.9 Å². The number of morpholine rings is 1. The lowest BCUT2D eigenvalue weighted by molar-refractivity contribution is -0.118. The zero-order valence-corrected chi connectivity index (χ0v) is 18.4. The second kappa shape index (κ2) is 10.0. The van der Waals surface area contributed by atoms with Gasteiger partial charge in [0, 0.05) is 24.3 Å². The lowest BCUT2D eigenvalue weighted by Crippen LogP contribution is -2.47. The van der Waals surface area contributed by atoms with Crippen LogP contribution in [0.3, 0.4) is 0 Å². The van der Waals surface area contributed by atoms with Crippen molar-refractivity contribution in [1.82, 2.24) is 9.62 Å². The quantitative estimate of drug-likeness (QED) is 0.679. The first-order chi connectivity index (χ1) is 14.8. The van der Waals surface area contributed by atoms with Crippen molar-refractivity contribution in [2.45, 2.75) is 24.8 Å². The summed E-state index contributed by atoms with van der Waals surface area (Å²) in [6.07, 6.45) is 0. The van der Waals surface area contributed by atoms with Crippen LogP contribution in [-0.4, -0.2) is 56.9 Å². The van der Waals surface area contributed by atoms with Crippen LogP contribution in [0.15, 0.2) is 59.5 Å². The number of nitrogens with one attached hydrogen (secondary N) is 2. The summed E-state index contributed by atoms with van der Waals surface area (Å²) < 4.78 is 32.3. The fourth-order valence-corrected chi connectivity index (χ4v) is 4.69. The third-order valence-electron chi connectivity index (χ3n) is 4.98. The number of anilines is 1. The Morgan fingerprint density at radius 2 is 1.68 bits per heavy atom. The van der Waals surface area contributed by atoms with Crippen molar-refractivity contribution in [1.29, 1.82) is 0 Å². The SMILES string of the molecule is CC(C)[C@H](NC(=O)c1cccc(S(=O)(=O)N2CCOCC2)c1)C(=O)Nc1ccccc1. The van der Waals surface area contributed by atoms with Gasteiger partial charge in [-0.05, 0) is 36.2 Å². The molecule has 0 aliphatic carbocycles. The Morgan fingerprint density at radius 1 is 1.00 bits per heavy atom. The molecule has 0 unspecified atom stereocenters. The summed E-state index contributed by atoms with van der Waals surface area (Å²) in [6, 6.07) is 14.0. The Morgan fingerprint density at radius 3 is 2.32 bits per heavy atom. The molecular formula is C22H27N3O5S. The molecular weight excluding hydrogens is 418 g/mol. The van der Waals surface area contributed by atoms with Crippen molar-refractivity contribution in [2.24, 2.45) is 5.92 Å². The molecule has 0 aromatic heterocycles. The number of carbonyl (C=O) groups is 2. The zero-order chi connectivity index (χ0) is 22.4. The van der Waals surface area contributed by atoms with Crippen LogP contribution in [0.5, 0.6) is 0 Å². The van der Waals surface area contributed by atoms with Gasteiger partial charge >= 0.3 is 0 Å². The third kappa shape index (κ3) is 5.69. The van der Waals surface area contributed by atoms with E-state index < -0.39 is 22.0 Å². The van der Waals surface area contributed by atoms with Gasteiger partial charge in [-0.25, -0.2) is 8.42 Å². The van der Waals surface area contributed by atoms with Gasteiger partial charge in [-0.15, -0.1) is 0 Å². The first-order valence-corrected chi connectivity index (χ1v) is 11.6. The average molecular weight is 446 g/mol. The van der Waals surface area contributed by atoms with Crippen LogP contribution in [-0.2, 0) is 19.6 Å². The maximum atomic E-state index is 12.9. The van der Waals surface area contributed by atoms with Crippen molar-refractivity contribution in [2.75, 3.05) is 31.6 Å². The molecule has 31 heavy (non-hydrogen) atoms. The normalized spacial score (nSPS) is 16.0. The predicted molar refractivity (Wildman–Crippen MR) is 117 cm³/mol. The molecule has 0 bridgehead atoms. The molecule has 2 N–H and O–H groups in total. The number of ether oxygens (including phenoxy) is 1. The Labute approximate surface area is 182 Å². The summed E-state index contributed by atoms with van der Waals surface area (Å²) in [4.78, 5) is 25.6. The fourth-order valence-electron chi connectivity index (χ4n) is 3.23. The van der Waals surface area contributed by atoms with Crippen LogP contribution >= 0.6 is 0 Å². The average Bonchev–Trinajstić information content (AvgIpc) is 2.78. The molecule has 0 spiro atoms. The molecule has 0 saturated carbocycles. The van der Waals surface area contributed by atoms with E-state index in [1.165, 1.54) is 28.6 Å². The van der Waals surface area contributed by atoms with Crippen LogP contribution in [0.2, 0.25) is 0 Å². The van der Waals surface area contributed by atoms with Gasteiger partial charge in [-0.2, -0.15) is 4.31 Å². The molecule has 8 nitrogen and oxygen atoms in total. The number of benzene rings is 2. The molecule has 1 saturated heterocycles. The number of nitrogens with zero attached hydrogens (tertiary/aromatic N) is 1. The van der Waals surface area contributed by atoms with Crippen molar-refractivity contribution in [3.05, 3.63) is 60.2 Å². The van der Waals surface area contributed by atoms with Crippen LogP contribution in [0.4, 0.5) is 5.69 Å². The molecule has 1 aliphatic rings. The van der Waals surface area contributed by atoms with E-state index in [9.17, 15) is 18.0 Å². The minimum Gasteiger partial charge on any atom is -0.379 e. The standard InChI is InChI=1S/C22H27N3O5S/c1-16(2)20(22(27)23-18-8-4-3-5-9-18)24-21(26)17-7-6-10-19(15-17)31(28,29)25-11-13-30-14-12-25/h3-10,15-16,20H,11-14H2,1-2H3,(H,23,27)(H,24,26)/t20-/m0/s1. The van der Waals surface area contributed by atoms with E-state index in [0.717, 1.165) is 0 Å². The second-order valence-electron chi connectivity index (χ2n) is 7.59. The molecule has 2 aromatic carbocycles. The highest BCUT2D eigenvalue weighted by Gasteiger charge is 2.28. The maximum absolute atomic E-state index is 12.9. The molecule has 2 aromatic rings. The van der Waals surface area contributed by atoms with E-state index in [-0.39, 0.29) is 35.4 Å². The van der Waals surface area contributed by atoms with E-state index in [1.807, 2.05) is 19.9 Å². The summed E-state index contributed by atoms with van der Waals surface area (Å²) in [7, 11) is -3.73. The Balaban J connectivity index is 1.75. The summed E-state index contributed by atoms with van der Waals surface area (Å²) in [5.74, 6) is -1.03. The lowest BCUT2D eigenvalue weighted by Gasteiger charge is -2.26. The number of sulfonamides is 1. The van der Waals surface area contributed by atoms with E-state index in [0.29, 0.717) is 18.9 Å². The first-order valence-electron chi connectivity index (χ1n) is 10.1. The van der Waals surface area contributed by atoms with Crippen molar-refractivity contribution < 1.29 is 22.7 Å². The number of amides is 2. The third-order valence-corrected chi connectivity index (χ3v) is 6.88. The van der Waals surface area contributed by atoms with Gasteiger partial charge in [0.15, 0.2) is 0 Å². The largest absolute Gasteiger partial charge is 0.379 e. The molecule has 0 radical (unpaired) electrons. The highest BCUT2D eigenvalue weighted by atomic mass is 32.2. The number of hydrogen-bond donors (Lipinski definition) is 2. The molecule has 1 fully saturated rings. The minimum absolute atomic E-state index is 0.0388. The van der Waals surface area contributed by atoms with Gasteiger partial charge in [0.05, 0.1) is 18.1 Å². The van der Waals surface area contributed by atoms with Crippen molar-refractivity contribution in [3.8, 4) is 0 Å². The number of rotatable bonds is 7. The Hall–Kier alpha value is -2.75. The van der Waals surface area contributed by atoms with E-state index in [2.05, 4.69) is 10.6 Å². The molecule has 9 heteroatoms. The van der Waals surface area contributed by atoms with Crippen molar-refractivity contribution >= 4 is 27.5 Å². The van der Waals surface area contributed by atoms with Gasteiger partial charge in [0.25, 0.3) is 5.91 Å². The highest BCUT2D eigenvalue weighted by Crippen LogP contribution is 2.19. The molecule has 1 heterocycles. The first kappa shape index (κ1) is 22.9. The van der Waals surface area contributed by atoms with Crippen molar-refractivity contribution in [3.63, 3.8) is 0 Å². The maximum Gasteiger partial charge on any atom is 0.251 e. The summed E-state index contributed by atoms with van der Waals surface area (Å²) in [6.45, 7) is 4.88. The van der Waals surface area contributed by atoms with Gasteiger partial charge in [-0.1, -0.05) is 38.1 Å². The summed E-state index contributed by atoms with van der Waals surface area (Å²) in [5, 5.41) is 5.52. The Bertz CT molecular complexity index is 1020. The zero-order valence-electron chi connectivity index (χ0n) is 17.6. The predicted octanol–water partition coefficient (Wildman–Crippen LogP) is 2.10. The highest BCUT2D eigenvalue weighted by molar-refractivity contribution is 7.89. The molecule has 2 amide bonds. The van der Waals surface area contributed by atoms with Crippen LogP contribution < -0.4 is 10.6 Å². The smallest absolute Gasteiger partial charge is 0.251 e. The fraction of sp³-hybridized carbons (Fsp3) is 0.364. The summed E-state index contributed by atoms with van der Waals surface area (Å²) >= 11 is 0. The number of hydrogen-bond acceptors (Lipinski definition) is 5. The van der Waals surface area contributed by atoms with E-state index in [4.69, 9.17) is 4.74 Å². The molecule has 166 valence electrons. The van der Waals surface area contributed by atoms with E-state index >= 15 is 0 Å².